The lowest BCUT2D eigenvalue weighted by molar-refractivity contribution is 0.362. The molecule has 0 unspecified atom stereocenters. The molecule has 5 heteroatoms. The minimum atomic E-state index is -3.42. The predicted molar refractivity (Wildman–Crippen MR) is 119 cm³/mol. The molecule has 0 saturated carbocycles. The second kappa shape index (κ2) is 17.9. The zero-order chi connectivity index (χ0) is 19.7. The van der Waals surface area contributed by atoms with E-state index < -0.39 is 14.9 Å². The van der Waals surface area contributed by atoms with Gasteiger partial charge in [-0.25, -0.2) is 0 Å². The first-order chi connectivity index (χ1) is 12.4. The summed E-state index contributed by atoms with van der Waals surface area (Å²) in [5.74, 6) is 0. The molecule has 3 N–H and O–H groups in total. The number of hydrogen-bond acceptors (Lipinski definition) is 4. The Bertz CT molecular complexity index is 408. The fourth-order valence-electron chi connectivity index (χ4n) is 3.45. The summed E-state index contributed by atoms with van der Waals surface area (Å²) < 4.78 is 27.5. The molecule has 0 atom stereocenters. The summed E-state index contributed by atoms with van der Waals surface area (Å²) in [6.07, 6.45) is 22.1. The van der Waals surface area contributed by atoms with Crippen molar-refractivity contribution >= 4 is 10.1 Å². The molecule has 0 aromatic rings. The Morgan fingerprint density at radius 3 is 1.22 bits per heavy atom. The van der Waals surface area contributed by atoms with Crippen LogP contribution in [-0.4, -0.2) is 20.3 Å². The predicted octanol–water partition coefficient (Wildman–Crippen LogP) is 7.55. The fourth-order valence-corrected chi connectivity index (χ4v) is 4.29. The summed E-state index contributed by atoms with van der Waals surface area (Å²) in [7, 11) is -2.16. The standard InChI is InChI=1S/C22H46O3S.H3N/c1-5-6-7-8-9-10-11-12-13-14-15-16-17-18-19-20-21-22(2,3)26(23,24)25-4;/h5-21H2,1-4H3;1H3. The molecule has 0 aliphatic carbocycles. The Morgan fingerprint density at radius 2 is 0.926 bits per heavy atom. The molecule has 0 radical (unpaired) electrons. The van der Waals surface area contributed by atoms with E-state index in [0.717, 1.165) is 12.8 Å². The molecule has 0 bridgehead atoms. The number of rotatable bonds is 19. The maximum atomic E-state index is 11.8. The third-order valence-electron chi connectivity index (χ3n) is 5.53. The maximum absolute atomic E-state index is 11.8. The Kier molecular flexibility index (Phi) is 19.3. The van der Waals surface area contributed by atoms with Crippen molar-refractivity contribution in [3.05, 3.63) is 0 Å². The first-order valence-corrected chi connectivity index (χ1v) is 12.6. The summed E-state index contributed by atoms with van der Waals surface area (Å²) >= 11 is 0. The van der Waals surface area contributed by atoms with Crippen molar-refractivity contribution < 1.29 is 12.6 Å². The van der Waals surface area contributed by atoms with E-state index in [1.807, 2.05) is 0 Å². The van der Waals surface area contributed by atoms with E-state index in [2.05, 4.69) is 11.1 Å². The van der Waals surface area contributed by atoms with Crippen molar-refractivity contribution in [1.82, 2.24) is 6.15 Å². The Hall–Kier alpha value is -0.130. The smallest absolute Gasteiger partial charge is 0.272 e. The zero-order valence-electron chi connectivity index (χ0n) is 18.9. The van der Waals surface area contributed by atoms with Crippen LogP contribution in [0.2, 0.25) is 0 Å². The zero-order valence-corrected chi connectivity index (χ0v) is 19.7. The highest BCUT2D eigenvalue weighted by molar-refractivity contribution is 7.88. The van der Waals surface area contributed by atoms with Crippen molar-refractivity contribution in [2.45, 2.75) is 135 Å². The lowest BCUT2D eigenvalue weighted by Gasteiger charge is -2.22. The molecule has 0 aromatic carbocycles. The molecule has 0 heterocycles. The van der Waals surface area contributed by atoms with Crippen LogP contribution in [0, 0.1) is 0 Å². The number of unbranched alkanes of at least 4 members (excludes halogenated alkanes) is 15. The topological polar surface area (TPSA) is 78.4 Å². The van der Waals surface area contributed by atoms with E-state index in [1.165, 1.54) is 97.0 Å². The molecule has 0 spiro atoms. The fraction of sp³-hybridized carbons (Fsp3) is 1.00. The van der Waals surface area contributed by atoms with Gasteiger partial charge in [-0.15, -0.1) is 0 Å². The molecule has 27 heavy (non-hydrogen) atoms. The van der Waals surface area contributed by atoms with Crippen molar-refractivity contribution in [2.75, 3.05) is 7.11 Å². The highest BCUT2D eigenvalue weighted by Crippen LogP contribution is 2.25. The van der Waals surface area contributed by atoms with Gasteiger partial charge >= 0.3 is 0 Å². The van der Waals surface area contributed by atoms with Gasteiger partial charge in [0, 0.05) is 0 Å². The van der Waals surface area contributed by atoms with E-state index in [1.54, 1.807) is 13.8 Å². The molecule has 0 amide bonds. The van der Waals surface area contributed by atoms with Gasteiger partial charge in [0.05, 0.1) is 11.9 Å². The van der Waals surface area contributed by atoms with E-state index in [4.69, 9.17) is 0 Å². The first kappa shape index (κ1) is 29.1. The van der Waals surface area contributed by atoms with Gasteiger partial charge in [0.25, 0.3) is 10.1 Å². The van der Waals surface area contributed by atoms with Gasteiger partial charge in [-0.3, -0.25) is 4.18 Å². The van der Waals surface area contributed by atoms with Crippen LogP contribution in [-0.2, 0) is 14.3 Å². The summed E-state index contributed by atoms with van der Waals surface area (Å²) in [4.78, 5) is 0. The average molecular weight is 408 g/mol. The third-order valence-corrected chi connectivity index (χ3v) is 7.53. The van der Waals surface area contributed by atoms with E-state index in [0.29, 0.717) is 6.42 Å². The molecule has 0 aliphatic heterocycles. The molecule has 0 aromatic heterocycles. The van der Waals surface area contributed by atoms with Crippen LogP contribution in [0.25, 0.3) is 0 Å². The minimum absolute atomic E-state index is 0. The van der Waals surface area contributed by atoms with Gasteiger partial charge in [-0.05, 0) is 20.3 Å². The second-order valence-electron chi connectivity index (χ2n) is 8.43. The van der Waals surface area contributed by atoms with Crippen LogP contribution < -0.4 is 6.15 Å². The van der Waals surface area contributed by atoms with Crippen molar-refractivity contribution in [3.63, 3.8) is 0 Å². The summed E-state index contributed by atoms with van der Waals surface area (Å²) in [6, 6.07) is 0. The maximum Gasteiger partial charge on any atom is 0.272 e. The molecule has 0 rings (SSSR count). The molecule has 0 fully saturated rings. The molecule has 166 valence electrons. The molecule has 4 nitrogen and oxygen atoms in total. The van der Waals surface area contributed by atoms with Crippen LogP contribution >= 0.6 is 0 Å². The SMILES string of the molecule is CCCCCCCCCCCCCCCCCCC(C)(C)S(=O)(=O)OC.N. The Morgan fingerprint density at radius 1 is 0.630 bits per heavy atom. The van der Waals surface area contributed by atoms with Gasteiger partial charge in [-0.1, -0.05) is 110 Å². The summed E-state index contributed by atoms with van der Waals surface area (Å²) in [5, 5.41) is 0. The van der Waals surface area contributed by atoms with Gasteiger partial charge < -0.3 is 6.15 Å². The molecule has 0 aliphatic rings. The Labute approximate surface area is 170 Å². The van der Waals surface area contributed by atoms with Gasteiger partial charge in [0.15, 0.2) is 0 Å². The quantitative estimate of drug-likeness (QED) is 0.177. The second-order valence-corrected chi connectivity index (χ2v) is 10.8. The molecular formula is C22H49NO3S. The lowest BCUT2D eigenvalue weighted by atomic mass is 10.0. The van der Waals surface area contributed by atoms with Crippen LogP contribution in [0.1, 0.15) is 130 Å². The van der Waals surface area contributed by atoms with Gasteiger partial charge in [0.1, 0.15) is 0 Å². The molecule has 0 saturated heterocycles. The average Bonchev–Trinajstić information content (AvgIpc) is 2.61. The van der Waals surface area contributed by atoms with Crippen LogP contribution in [0.15, 0.2) is 0 Å². The Balaban J connectivity index is 0. The van der Waals surface area contributed by atoms with Crippen molar-refractivity contribution in [3.8, 4) is 0 Å². The highest BCUT2D eigenvalue weighted by Gasteiger charge is 2.33. The van der Waals surface area contributed by atoms with Crippen molar-refractivity contribution in [2.24, 2.45) is 0 Å². The largest absolute Gasteiger partial charge is 0.344 e. The van der Waals surface area contributed by atoms with Crippen molar-refractivity contribution in [1.29, 1.82) is 0 Å². The first-order valence-electron chi connectivity index (χ1n) is 11.2. The minimum Gasteiger partial charge on any atom is -0.344 e. The molecular weight excluding hydrogens is 358 g/mol. The van der Waals surface area contributed by atoms with Crippen LogP contribution in [0.4, 0.5) is 0 Å². The van der Waals surface area contributed by atoms with E-state index in [-0.39, 0.29) is 6.15 Å². The lowest BCUT2D eigenvalue weighted by Crippen LogP contribution is -2.32. The van der Waals surface area contributed by atoms with Crippen LogP contribution in [0.5, 0.6) is 0 Å². The summed E-state index contributed by atoms with van der Waals surface area (Å²) in [5.41, 5.74) is 0. The van der Waals surface area contributed by atoms with E-state index in [9.17, 15) is 8.42 Å². The normalized spacial score (nSPS) is 12.1. The van der Waals surface area contributed by atoms with E-state index >= 15 is 0 Å². The summed E-state index contributed by atoms with van der Waals surface area (Å²) in [6.45, 7) is 5.80. The van der Waals surface area contributed by atoms with Gasteiger partial charge in [-0.2, -0.15) is 8.42 Å². The third kappa shape index (κ3) is 15.5. The monoisotopic (exact) mass is 407 g/mol. The number of hydrogen-bond donors (Lipinski definition) is 1. The van der Waals surface area contributed by atoms with Crippen LogP contribution in [0.3, 0.4) is 0 Å². The van der Waals surface area contributed by atoms with Gasteiger partial charge in [0.2, 0.25) is 0 Å². The highest BCUT2D eigenvalue weighted by atomic mass is 32.2.